The van der Waals surface area contributed by atoms with Crippen molar-refractivity contribution in [1.29, 1.82) is 0 Å². The first-order valence-electron chi connectivity index (χ1n) is 6.29. The average Bonchev–Trinajstić information content (AvgIpc) is 3.08. The van der Waals surface area contributed by atoms with E-state index < -0.39 is 0 Å². The van der Waals surface area contributed by atoms with Gasteiger partial charge in [0.25, 0.3) is 0 Å². The summed E-state index contributed by atoms with van der Waals surface area (Å²) in [6.45, 7) is 0.880. The molecule has 0 saturated heterocycles. The second-order valence-electron chi connectivity index (χ2n) is 4.80. The molecule has 0 atom stereocenters. The summed E-state index contributed by atoms with van der Waals surface area (Å²) in [7, 11) is 0. The fourth-order valence-corrected chi connectivity index (χ4v) is 1.86. The number of carbonyl (C=O) groups excluding carboxylic acids is 1. The Hall–Kier alpha value is -1.66. The average molecular weight is 301 g/mol. The van der Waals surface area contributed by atoms with Crippen molar-refractivity contribution in [2.45, 2.75) is 12.8 Å². The molecular weight excluding hydrogens is 284 g/mol. The van der Waals surface area contributed by atoms with E-state index in [4.69, 9.17) is 19.9 Å². The van der Waals surface area contributed by atoms with E-state index >= 15 is 0 Å². The van der Waals surface area contributed by atoms with Crippen LogP contribution in [0.1, 0.15) is 12.8 Å². The predicted molar refractivity (Wildman–Crippen MR) is 76.4 cm³/mol. The third-order valence-corrected chi connectivity index (χ3v) is 3.10. The van der Waals surface area contributed by atoms with Gasteiger partial charge in [-0.25, -0.2) is 0 Å². The number of nitrogens with one attached hydrogen (secondary N) is 1. The number of ether oxygens (including phenoxy) is 3. The number of rotatable bonds is 5. The van der Waals surface area contributed by atoms with Gasteiger partial charge in [-0.05, 0) is 18.8 Å². The highest BCUT2D eigenvalue weighted by molar-refractivity contribution is 5.95. The predicted octanol–water partition coefficient (Wildman–Crippen LogP) is 1.78. The molecule has 7 heteroatoms. The maximum Gasteiger partial charge on any atom is 0.250 e. The second kappa shape index (κ2) is 6.19. The molecule has 1 amide bonds. The molecule has 0 radical (unpaired) electrons. The minimum Gasteiger partial charge on any atom is -0.454 e. The Kier molecular flexibility index (Phi) is 4.57. The number of nitrogen functional groups attached to an aromatic ring is 1. The van der Waals surface area contributed by atoms with Crippen molar-refractivity contribution in [1.82, 2.24) is 0 Å². The molecule has 2 aliphatic rings. The second-order valence-corrected chi connectivity index (χ2v) is 4.80. The molecule has 0 spiro atoms. The van der Waals surface area contributed by atoms with Gasteiger partial charge >= 0.3 is 0 Å². The van der Waals surface area contributed by atoms with E-state index in [1.54, 1.807) is 12.1 Å². The first-order valence-corrected chi connectivity index (χ1v) is 6.29. The van der Waals surface area contributed by atoms with Gasteiger partial charge in [0.1, 0.15) is 6.61 Å². The van der Waals surface area contributed by atoms with Gasteiger partial charge in [-0.3, -0.25) is 4.79 Å². The van der Waals surface area contributed by atoms with Crippen molar-refractivity contribution in [2.75, 3.05) is 31.1 Å². The zero-order valence-corrected chi connectivity index (χ0v) is 11.7. The Morgan fingerprint density at radius 3 is 2.75 bits per heavy atom. The largest absolute Gasteiger partial charge is 0.454 e. The first kappa shape index (κ1) is 14.7. The van der Waals surface area contributed by atoms with Gasteiger partial charge < -0.3 is 25.3 Å². The normalized spacial score (nSPS) is 15.6. The van der Waals surface area contributed by atoms with Crippen molar-refractivity contribution in [2.24, 2.45) is 5.92 Å². The van der Waals surface area contributed by atoms with Crippen LogP contribution in [0, 0.1) is 5.92 Å². The zero-order chi connectivity index (χ0) is 13.2. The van der Waals surface area contributed by atoms with E-state index in [2.05, 4.69) is 5.32 Å². The number of hydrogen-bond donors (Lipinski definition) is 2. The molecule has 6 nitrogen and oxygen atoms in total. The van der Waals surface area contributed by atoms with E-state index in [0.717, 1.165) is 0 Å². The van der Waals surface area contributed by atoms with Crippen LogP contribution >= 0.6 is 12.4 Å². The molecule has 0 unspecified atom stereocenters. The first-order chi connectivity index (χ1) is 9.22. The highest BCUT2D eigenvalue weighted by Crippen LogP contribution is 2.38. The van der Waals surface area contributed by atoms with Crippen molar-refractivity contribution < 1.29 is 19.0 Å². The van der Waals surface area contributed by atoms with Crippen molar-refractivity contribution in [3.63, 3.8) is 0 Å². The molecule has 1 fully saturated rings. The smallest absolute Gasteiger partial charge is 0.250 e. The summed E-state index contributed by atoms with van der Waals surface area (Å²) in [6.07, 6.45) is 2.41. The molecule has 20 heavy (non-hydrogen) atoms. The lowest BCUT2D eigenvalue weighted by Crippen LogP contribution is -2.19. The number of amides is 1. The number of carbonyl (C=O) groups is 1. The molecular formula is C13H17ClN2O4. The zero-order valence-electron chi connectivity index (χ0n) is 10.9. The van der Waals surface area contributed by atoms with E-state index in [-0.39, 0.29) is 31.7 Å². The molecule has 1 heterocycles. The number of anilines is 2. The molecule has 1 aromatic carbocycles. The Labute approximate surface area is 123 Å². The third kappa shape index (κ3) is 3.46. The summed E-state index contributed by atoms with van der Waals surface area (Å²) in [6, 6.07) is 3.31. The Morgan fingerprint density at radius 1 is 1.35 bits per heavy atom. The highest BCUT2D eigenvalue weighted by atomic mass is 35.5. The summed E-state index contributed by atoms with van der Waals surface area (Å²) >= 11 is 0. The van der Waals surface area contributed by atoms with Crippen molar-refractivity contribution in [3.8, 4) is 11.5 Å². The van der Waals surface area contributed by atoms with Crippen LogP contribution in [0.2, 0.25) is 0 Å². The lowest BCUT2D eigenvalue weighted by Gasteiger charge is -2.09. The van der Waals surface area contributed by atoms with Crippen molar-refractivity contribution in [3.05, 3.63) is 12.1 Å². The molecule has 1 saturated carbocycles. The fourth-order valence-electron chi connectivity index (χ4n) is 1.86. The van der Waals surface area contributed by atoms with Crippen LogP contribution in [0.25, 0.3) is 0 Å². The molecule has 0 aromatic heterocycles. The Morgan fingerprint density at radius 2 is 2.05 bits per heavy atom. The lowest BCUT2D eigenvalue weighted by atomic mass is 10.2. The Balaban J connectivity index is 0.00000147. The van der Waals surface area contributed by atoms with Gasteiger partial charge in [0.2, 0.25) is 12.7 Å². The summed E-state index contributed by atoms with van der Waals surface area (Å²) in [4.78, 5) is 11.7. The van der Waals surface area contributed by atoms with E-state index in [0.29, 0.717) is 35.4 Å². The molecule has 3 N–H and O–H groups in total. The maximum atomic E-state index is 11.7. The summed E-state index contributed by atoms with van der Waals surface area (Å²) < 4.78 is 15.7. The van der Waals surface area contributed by atoms with Crippen LogP contribution in [0.15, 0.2) is 12.1 Å². The minimum absolute atomic E-state index is 0. The van der Waals surface area contributed by atoms with Crippen LogP contribution in [0.3, 0.4) is 0 Å². The monoisotopic (exact) mass is 300 g/mol. The number of nitrogens with two attached hydrogens (primary N) is 1. The number of hydrogen-bond acceptors (Lipinski definition) is 5. The fraction of sp³-hybridized carbons (Fsp3) is 0.462. The SMILES string of the molecule is Cl.Nc1cc2c(cc1NC(=O)COCC1CC1)OCO2. The van der Waals surface area contributed by atoms with E-state index in [9.17, 15) is 4.79 Å². The van der Waals surface area contributed by atoms with E-state index in [1.807, 2.05) is 0 Å². The van der Waals surface area contributed by atoms with Crippen LogP contribution < -0.4 is 20.5 Å². The van der Waals surface area contributed by atoms with Gasteiger partial charge in [-0.15, -0.1) is 12.4 Å². The highest BCUT2D eigenvalue weighted by Gasteiger charge is 2.22. The topological polar surface area (TPSA) is 82.8 Å². The van der Waals surface area contributed by atoms with Gasteiger partial charge in [0.15, 0.2) is 11.5 Å². The summed E-state index contributed by atoms with van der Waals surface area (Å²) in [5.41, 5.74) is 6.80. The van der Waals surface area contributed by atoms with Gasteiger partial charge in [-0.1, -0.05) is 0 Å². The van der Waals surface area contributed by atoms with Gasteiger partial charge in [0, 0.05) is 12.1 Å². The molecule has 0 bridgehead atoms. The van der Waals surface area contributed by atoms with Crippen LogP contribution in [-0.4, -0.2) is 25.9 Å². The molecule has 1 aliphatic heterocycles. The van der Waals surface area contributed by atoms with E-state index in [1.165, 1.54) is 12.8 Å². The lowest BCUT2D eigenvalue weighted by molar-refractivity contribution is -0.120. The number of benzene rings is 1. The minimum atomic E-state index is -0.216. The van der Waals surface area contributed by atoms with Crippen LogP contribution in [0.4, 0.5) is 11.4 Å². The molecule has 1 aliphatic carbocycles. The van der Waals surface area contributed by atoms with Crippen molar-refractivity contribution >= 4 is 29.7 Å². The Bertz CT molecular complexity index is 505. The van der Waals surface area contributed by atoms with Gasteiger partial charge in [0.05, 0.1) is 18.0 Å². The summed E-state index contributed by atoms with van der Waals surface area (Å²) in [5.74, 6) is 1.61. The summed E-state index contributed by atoms with van der Waals surface area (Å²) in [5, 5.41) is 2.71. The van der Waals surface area contributed by atoms with Gasteiger partial charge in [-0.2, -0.15) is 0 Å². The number of fused-ring (bicyclic) bond motifs is 1. The number of halogens is 1. The molecule has 3 rings (SSSR count). The van der Waals surface area contributed by atoms with Crippen LogP contribution in [-0.2, 0) is 9.53 Å². The quantitative estimate of drug-likeness (QED) is 0.810. The maximum absolute atomic E-state index is 11.7. The van der Waals surface area contributed by atoms with Crippen LogP contribution in [0.5, 0.6) is 11.5 Å². The molecule has 110 valence electrons. The third-order valence-electron chi connectivity index (χ3n) is 3.10. The molecule has 1 aromatic rings. The standard InChI is InChI=1S/C13H16N2O4.ClH/c14-9-3-11-12(19-7-18-11)4-10(9)15-13(16)6-17-5-8-1-2-8;/h3-4,8H,1-2,5-7,14H2,(H,15,16);1H.